The van der Waals surface area contributed by atoms with Crippen molar-refractivity contribution in [2.75, 3.05) is 6.61 Å². The molecule has 0 radical (unpaired) electrons. The largest absolute Gasteiger partial charge is 0.465 e. The lowest BCUT2D eigenvalue weighted by molar-refractivity contribution is -0.142. The summed E-state index contributed by atoms with van der Waals surface area (Å²) in [6, 6.07) is 13.6. The summed E-state index contributed by atoms with van der Waals surface area (Å²) in [5.41, 5.74) is 1.96. The van der Waals surface area contributed by atoms with Crippen molar-refractivity contribution < 1.29 is 18.3 Å². The minimum absolute atomic E-state index is 0.148. The monoisotopic (exact) mass is 454 g/mol. The second kappa shape index (κ2) is 11.5. The van der Waals surface area contributed by atoms with E-state index in [1.165, 1.54) is 22.9 Å². The highest BCUT2D eigenvalue weighted by Gasteiger charge is 2.10. The van der Waals surface area contributed by atoms with Crippen molar-refractivity contribution in [2.45, 2.75) is 46.1 Å². The van der Waals surface area contributed by atoms with Crippen LogP contribution < -0.4 is 5.56 Å². The van der Waals surface area contributed by atoms with Gasteiger partial charge in [0.1, 0.15) is 0 Å². The summed E-state index contributed by atoms with van der Waals surface area (Å²) in [5, 5.41) is 4.29. The molecule has 0 fully saturated rings. The van der Waals surface area contributed by atoms with E-state index in [9.17, 15) is 18.4 Å². The number of esters is 1. The maximum atomic E-state index is 13.6. The molecule has 33 heavy (non-hydrogen) atoms. The number of unbranched alkanes of at least 4 members (excludes halogenated alkanes) is 1. The van der Waals surface area contributed by atoms with Gasteiger partial charge in [-0.1, -0.05) is 44.5 Å². The van der Waals surface area contributed by atoms with Crippen LogP contribution in [0.15, 0.2) is 59.4 Å². The summed E-state index contributed by atoms with van der Waals surface area (Å²) in [5.74, 6) is -1.57. The molecular formula is C26H28F2N2O3. The van der Waals surface area contributed by atoms with E-state index in [0.717, 1.165) is 42.5 Å². The predicted molar refractivity (Wildman–Crippen MR) is 123 cm³/mol. The SMILES string of the molecule is CC(C)CCCCOC(=O)Cc1cccc(Cn2nc(-c3ccc(F)c(F)c3)ccc2=O)c1. The topological polar surface area (TPSA) is 61.2 Å². The van der Waals surface area contributed by atoms with Crippen LogP contribution in [0.3, 0.4) is 0 Å². The van der Waals surface area contributed by atoms with Gasteiger partial charge in [0.15, 0.2) is 11.6 Å². The number of carbonyl (C=O) groups excluding carboxylic acids is 1. The van der Waals surface area contributed by atoms with Crippen molar-refractivity contribution >= 4 is 5.97 Å². The molecule has 3 rings (SSSR count). The fraction of sp³-hybridized carbons (Fsp3) is 0.346. The minimum Gasteiger partial charge on any atom is -0.465 e. The lowest BCUT2D eigenvalue weighted by Crippen LogP contribution is -2.23. The van der Waals surface area contributed by atoms with Crippen molar-refractivity contribution in [3.05, 3.63) is 87.7 Å². The number of nitrogens with zero attached hydrogens (tertiary/aromatic N) is 2. The van der Waals surface area contributed by atoms with Crippen LogP contribution in [0.5, 0.6) is 0 Å². The number of benzene rings is 2. The van der Waals surface area contributed by atoms with Gasteiger partial charge in [0, 0.05) is 11.6 Å². The third-order valence-electron chi connectivity index (χ3n) is 5.19. The fourth-order valence-corrected chi connectivity index (χ4v) is 3.44. The molecule has 0 amide bonds. The fourth-order valence-electron chi connectivity index (χ4n) is 3.44. The van der Waals surface area contributed by atoms with Gasteiger partial charge >= 0.3 is 5.97 Å². The average molecular weight is 455 g/mol. The summed E-state index contributed by atoms with van der Waals surface area (Å²) in [4.78, 5) is 24.4. The number of ether oxygens (including phenoxy) is 1. The molecule has 0 saturated carbocycles. The Kier molecular flexibility index (Phi) is 8.46. The van der Waals surface area contributed by atoms with Crippen molar-refractivity contribution in [1.82, 2.24) is 9.78 Å². The van der Waals surface area contributed by atoms with E-state index in [4.69, 9.17) is 4.74 Å². The quantitative estimate of drug-likeness (QED) is 0.314. The predicted octanol–water partition coefficient (Wildman–Crippen LogP) is 5.15. The summed E-state index contributed by atoms with van der Waals surface area (Å²) < 4.78 is 33.4. The minimum atomic E-state index is -0.980. The van der Waals surface area contributed by atoms with Gasteiger partial charge in [-0.25, -0.2) is 13.5 Å². The van der Waals surface area contributed by atoms with Gasteiger partial charge in [-0.3, -0.25) is 9.59 Å². The second-order valence-corrected chi connectivity index (χ2v) is 8.45. The zero-order valence-electron chi connectivity index (χ0n) is 18.9. The van der Waals surface area contributed by atoms with Gasteiger partial charge in [-0.15, -0.1) is 0 Å². The molecule has 5 nitrogen and oxygen atoms in total. The molecule has 0 aliphatic carbocycles. The molecule has 0 N–H and O–H groups in total. The maximum Gasteiger partial charge on any atom is 0.310 e. The molecule has 0 aliphatic heterocycles. The highest BCUT2D eigenvalue weighted by atomic mass is 19.2. The zero-order chi connectivity index (χ0) is 23.8. The Morgan fingerprint density at radius 2 is 1.79 bits per heavy atom. The summed E-state index contributed by atoms with van der Waals surface area (Å²) in [6.07, 6.45) is 3.15. The molecule has 0 saturated heterocycles. The third kappa shape index (κ3) is 7.34. The molecular weight excluding hydrogens is 426 g/mol. The van der Waals surface area contributed by atoms with E-state index >= 15 is 0 Å². The molecule has 3 aromatic rings. The number of aromatic nitrogens is 2. The maximum absolute atomic E-state index is 13.6. The van der Waals surface area contributed by atoms with Crippen LogP contribution in [0.2, 0.25) is 0 Å². The van der Waals surface area contributed by atoms with Crippen LogP contribution in [0.1, 0.15) is 44.2 Å². The second-order valence-electron chi connectivity index (χ2n) is 8.45. The number of hydrogen-bond acceptors (Lipinski definition) is 4. The van der Waals surface area contributed by atoms with Crippen molar-refractivity contribution in [3.8, 4) is 11.3 Å². The van der Waals surface area contributed by atoms with E-state index in [2.05, 4.69) is 18.9 Å². The first-order valence-electron chi connectivity index (χ1n) is 11.1. The Labute approximate surface area is 192 Å². The summed E-state index contributed by atoms with van der Waals surface area (Å²) >= 11 is 0. The highest BCUT2D eigenvalue weighted by Crippen LogP contribution is 2.19. The standard InChI is InChI=1S/C26H28F2N2O3/c1-18(2)6-3-4-13-33-26(32)15-19-7-5-8-20(14-19)17-30-25(31)12-11-24(29-30)21-9-10-22(27)23(28)16-21/h5,7-12,14,16,18H,3-4,6,13,15,17H2,1-2H3. The molecule has 0 unspecified atom stereocenters. The number of rotatable bonds is 10. The van der Waals surface area contributed by atoms with Crippen LogP contribution in [0.25, 0.3) is 11.3 Å². The van der Waals surface area contributed by atoms with E-state index in [1.54, 1.807) is 0 Å². The van der Waals surface area contributed by atoms with Gasteiger partial charge in [0.2, 0.25) is 0 Å². The first kappa shape index (κ1) is 24.3. The molecule has 7 heteroatoms. The van der Waals surface area contributed by atoms with Gasteiger partial charge in [-0.2, -0.15) is 5.10 Å². The first-order valence-corrected chi connectivity index (χ1v) is 11.1. The van der Waals surface area contributed by atoms with Crippen molar-refractivity contribution in [1.29, 1.82) is 0 Å². The Morgan fingerprint density at radius 1 is 1.00 bits per heavy atom. The van der Waals surface area contributed by atoms with E-state index in [1.807, 2.05) is 24.3 Å². The zero-order valence-corrected chi connectivity index (χ0v) is 18.9. The molecule has 2 aromatic carbocycles. The van der Waals surface area contributed by atoms with Crippen molar-refractivity contribution in [3.63, 3.8) is 0 Å². The Balaban J connectivity index is 1.64. The Bertz CT molecular complexity index is 1160. The van der Waals surface area contributed by atoms with Gasteiger partial charge in [0.25, 0.3) is 5.56 Å². The molecule has 0 aliphatic rings. The lowest BCUT2D eigenvalue weighted by atomic mass is 10.1. The molecule has 174 valence electrons. The highest BCUT2D eigenvalue weighted by molar-refractivity contribution is 5.72. The number of hydrogen-bond donors (Lipinski definition) is 0. The van der Waals surface area contributed by atoms with E-state index in [0.29, 0.717) is 23.8 Å². The molecule has 0 spiro atoms. The first-order chi connectivity index (χ1) is 15.8. The third-order valence-corrected chi connectivity index (χ3v) is 5.19. The Hall–Kier alpha value is -3.35. The smallest absolute Gasteiger partial charge is 0.310 e. The molecule has 1 aromatic heterocycles. The Morgan fingerprint density at radius 3 is 2.55 bits per heavy atom. The van der Waals surface area contributed by atoms with Crippen LogP contribution in [-0.2, 0) is 22.5 Å². The lowest BCUT2D eigenvalue weighted by Gasteiger charge is -2.10. The van der Waals surface area contributed by atoms with Crippen molar-refractivity contribution in [2.24, 2.45) is 5.92 Å². The normalized spacial score (nSPS) is 11.1. The molecule has 1 heterocycles. The van der Waals surface area contributed by atoms with Crippen LogP contribution in [-0.4, -0.2) is 22.4 Å². The average Bonchev–Trinajstić information content (AvgIpc) is 2.77. The van der Waals surface area contributed by atoms with E-state index < -0.39 is 11.6 Å². The summed E-state index contributed by atoms with van der Waals surface area (Å²) in [7, 11) is 0. The number of halogens is 2. The molecule has 0 bridgehead atoms. The van der Waals surface area contributed by atoms with Crippen LogP contribution in [0, 0.1) is 17.6 Å². The van der Waals surface area contributed by atoms with Gasteiger partial charge < -0.3 is 4.74 Å². The van der Waals surface area contributed by atoms with Crippen LogP contribution >= 0.6 is 0 Å². The molecule has 0 atom stereocenters. The number of carbonyl (C=O) groups is 1. The summed E-state index contributed by atoms with van der Waals surface area (Å²) in [6.45, 7) is 4.93. The van der Waals surface area contributed by atoms with Crippen LogP contribution in [0.4, 0.5) is 8.78 Å². The van der Waals surface area contributed by atoms with Gasteiger partial charge in [0.05, 0.1) is 25.3 Å². The van der Waals surface area contributed by atoms with Gasteiger partial charge in [-0.05, 0) is 54.2 Å². The van der Waals surface area contributed by atoms with E-state index in [-0.39, 0.29) is 24.5 Å².